The van der Waals surface area contributed by atoms with Crippen molar-refractivity contribution in [2.45, 2.75) is 4.90 Å². The van der Waals surface area contributed by atoms with Crippen molar-refractivity contribution in [1.29, 1.82) is 0 Å². The minimum atomic E-state index is -3.81. The molecule has 8 heteroatoms. The molecule has 0 unspecified atom stereocenters. The van der Waals surface area contributed by atoms with Gasteiger partial charge in [0.1, 0.15) is 11.5 Å². The first-order valence-electron chi connectivity index (χ1n) is 9.90. The molecule has 168 valence electrons. The van der Waals surface area contributed by atoms with E-state index in [0.717, 1.165) is 15.8 Å². The van der Waals surface area contributed by atoms with E-state index >= 15 is 0 Å². The number of ether oxygens (including phenoxy) is 2. The smallest absolute Gasteiger partial charge is 0.238 e. The zero-order valence-electron chi connectivity index (χ0n) is 17.9. The van der Waals surface area contributed by atoms with Gasteiger partial charge in [0.15, 0.2) is 5.78 Å². The minimum Gasteiger partial charge on any atom is -0.496 e. The third-order valence-electron chi connectivity index (χ3n) is 5.12. The third kappa shape index (κ3) is 4.83. The van der Waals surface area contributed by atoms with Crippen molar-refractivity contribution in [3.63, 3.8) is 0 Å². The van der Waals surface area contributed by atoms with Crippen LogP contribution in [0, 0.1) is 0 Å². The lowest BCUT2D eigenvalue weighted by molar-refractivity contribution is 0.104. The molecule has 4 aromatic rings. The number of sulfonamides is 1. The Bertz CT molecular complexity index is 1440. The van der Waals surface area contributed by atoms with Crippen LogP contribution in [0.3, 0.4) is 0 Å². The molecule has 0 aliphatic heterocycles. The predicted octanol–water partition coefficient (Wildman–Crippen LogP) is 5.13. The van der Waals surface area contributed by atoms with Gasteiger partial charge in [-0.15, -0.1) is 11.3 Å². The number of hydrogen-bond donors (Lipinski definition) is 1. The Labute approximate surface area is 195 Å². The molecule has 0 aliphatic rings. The summed E-state index contributed by atoms with van der Waals surface area (Å²) in [6, 6.07) is 19.4. The minimum absolute atomic E-state index is 0.0483. The first kappa shape index (κ1) is 22.7. The number of thiophene rings is 1. The predicted molar refractivity (Wildman–Crippen MR) is 132 cm³/mol. The summed E-state index contributed by atoms with van der Waals surface area (Å²) in [5.74, 6) is 0.947. The molecule has 4 rings (SSSR count). The number of nitrogens with two attached hydrogens (primary N) is 1. The zero-order valence-corrected chi connectivity index (χ0v) is 19.6. The van der Waals surface area contributed by atoms with E-state index in [1.165, 1.54) is 35.0 Å². The monoisotopic (exact) mass is 479 g/mol. The summed E-state index contributed by atoms with van der Waals surface area (Å²) in [4.78, 5) is 13.6. The fraction of sp³-hybridized carbons (Fsp3) is 0.0800. The maximum Gasteiger partial charge on any atom is 0.238 e. The summed E-state index contributed by atoms with van der Waals surface area (Å²) in [7, 11) is -0.652. The molecule has 6 nitrogen and oxygen atoms in total. The summed E-state index contributed by atoms with van der Waals surface area (Å²) in [5.41, 5.74) is 1.94. The topological polar surface area (TPSA) is 95.7 Å². The summed E-state index contributed by atoms with van der Waals surface area (Å²) >= 11 is 1.66. The summed E-state index contributed by atoms with van der Waals surface area (Å²) in [6.07, 6.45) is 3.09. The van der Waals surface area contributed by atoms with Crippen LogP contribution < -0.4 is 14.6 Å². The molecule has 0 fully saturated rings. The highest BCUT2D eigenvalue weighted by atomic mass is 32.2. The van der Waals surface area contributed by atoms with Gasteiger partial charge in [-0.05, 0) is 60.0 Å². The zero-order chi connectivity index (χ0) is 23.6. The molecule has 0 amide bonds. The quantitative estimate of drug-likeness (QED) is 0.293. The number of primary sulfonamides is 1. The van der Waals surface area contributed by atoms with Crippen LogP contribution in [0.1, 0.15) is 15.9 Å². The molecular weight excluding hydrogens is 458 g/mol. The van der Waals surface area contributed by atoms with Gasteiger partial charge in [-0.2, -0.15) is 0 Å². The second-order valence-electron chi connectivity index (χ2n) is 7.21. The maximum atomic E-state index is 12.6. The number of ketones is 1. The second kappa shape index (κ2) is 9.19. The van der Waals surface area contributed by atoms with E-state index in [1.807, 2.05) is 18.2 Å². The van der Waals surface area contributed by atoms with Crippen molar-refractivity contribution >= 4 is 43.3 Å². The third-order valence-corrected chi connectivity index (χ3v) is 7.20. The molecule has 1 heterocycles. The van der Waals surface area contributed by atoms with Crippen LogP contribution in [0.15, 0.2) is 77.7 Å². The highest BCUT2D eigenvalue weighted by molar-refractivity contribution is 7.89. The lowest BCUT2D eigenvalue weighted by atomic mass is 10.0. The standard InChI is InChI=1S/C25H21NO5S2/c1-30-22-15-23(31-2)20(25-14-18-5-3-4-6-24(18)32-25)13-17(22)9-12-21(27)16-7-10-19(11-8-16)33(26,28)29/h3-15H,1-2H3,(H2,26,28,29)/b12-9+. The Kier molecular flexibility index (Phi) is 6.33. The largest absolute Gasteiger partial charge is 0.496 e. The molecule has 2 N–H and O–H groups in total. The van der Waals surface area contributed by atoms with Crippen molar-refractivity contribution < 1.29 is 22.7 Å². The first-order chi connectivity index (χ1) is 15.8. The van der Waals surface area contributed by atoms with Crippen LogP contribution >= 0.6 is 11.3 Å². The summed E-state index contributed by atoms with van der Waals surface area (Å²) in [6.45, 7) is 0. The van der Waals surface area contributed by atoms with Gasteiger partial charge < -0.3 is 9.47 Å². The van der Waals surface area contributed by atoms with E-state index in [-0.39, 0.29) is 10.7 Å². The molecule has 1 aromatic heterocycles. The number of methoxy groups -OCH3 is 2. The first-order valence-corrected chi connectivity index (χ1v) is 12.3. The Morgan fingerprint density at radius 3 is 2.27 bits per heavy atom. The van der Waals surface area contributed by atoms with Crippen molar-refractivity contribution in [3.8, 4) is 21.9 Å². The van der Waals surface area contributed by atoms with Crippen LogP contribution in [0.2, 0.25) is 0 Å². The van der Waals surface area contributed by atoms with E-state index in [4.69, 9.17) is 14.6 Å². The van der Waals surface area contributed by atoms with Crippen LogP contribution in [-0.4, -0.2) is 28.4 Å². The van der Waals surface area contributed by atoms with Crippen LogP contribution in [0.25, 0.3) is 26.6 Å². The SMILES string of the molecule is COc1cc(OC)c(-c2cc3ccccc3s2)cc1/C=C/C(=O)c1ccc(S(N)(=O)=O)cc1. The lowest BCUT2D eigenvalue weighted by Gasteiger charge is -2.12. The molecular formula is C25H21NO5S2. The van der Waals surface area contributed by atoms with Gasteiger partial charge in [0, 0.05) is 32.3 Å². The van der Waals surface area contributed by atoms with Crippen molar-refractivity contribution in [3.05, 3.63) is 83.9 Å². The average molecular weight is 480 g/mol. The normalized spacial score (nSPS) is 11.7. The molecule has 0 saturated carbocycles. The van der Waals surface area contributed by atoms with E-state index < -0.39 is 10.0 Å². The van der Waals surface area contributed by atoms with E-state index in [1.54, 1.807) is 37.7 Å². The van der Waals surface area contributed by atoms with E-state index in [2.05, 4.69) is 18.2 Å². The second-order valence-corrected chi connectivity index (χ2v) is 9.86. The molecule has 0 atom stereocenters. The van der Waals surface area contributed by atoms with Gasteiger partial charge in [-0.25, -0.2) is 13.6 Å². The van der Waals surface area contributed by atoms with Crippen molar-refractivity contribution in [2.75, 3.05) is 14.2 Å². The van der Waals surface area contributed by atoms with Crippen LogP contribution in [-0.2, 0) is 10.0 Å². The molecule has 3 aromatic carbocycles. The molecule has 0 saturated heterocycles. The Balaban J connectivity index is 1.70. The molecule has 0 spiro atoms. The van der Waals surface area contributed by atoms with E-state index in [9.17, 15) is 13.2 Å². The van der Waals surface area contributed by atoms with Crippen molar-refractivity contribution in [2.24, 2.45) is 5.14 Å². The van der Waals surface area contributed by atoms with Gasteiger partial charge in [-0.1, -0.05) is 18.2 Å². The number of carbonyl (C=O) groups excluding carboxylic acids is 1. The van der Waals surface area contributed by atoms with Crippen molar-refractivity contribution in [1.82, 2.24) is 0 Å². The Hall–Kier alpha value is -3.46. The number of rotatable bonds is 7. The summed E-state index contributed by atoms with van der Waals surface area (Å²) < 4.78 is 35.1. The van der Waals surface area contributed by atoms with Gasteiger partial charge in [0.25, 0.3) is 0 Å². The number of fused-ring (bicyclic) bond motifs is 1. The van der Waals surface area contributed by atoms with Gasteiger partial charge in [-0.3, -0.25) is 4.79 Å². The maximum absolute atomic E-state index is 12.6. The van der Waals surface area contributed by atoms with Crippen LogP contribution in [0.4, 0.5) is 0 Å². The fourth-order valence-corrected chi connectivity index (χ4v) is 5.03. The Morgan fingerprint density at radius 1 is 0.939 bits per heavy atom. The average Bonchev–Trinajstić information content (AvgIpc) is 3.25. The van der Waals surface area contributed by atoms with Gasteiger partial charge in [0.05, 0.1) is 19.1 Å². The number of carbonyl (C=O) groups is 1. The van der Waals surface area contributed by atoms with Gasteiger partial charge >= 0.3 is 0 Å². The fourth-order valence-electron chi connectivity index (χ4n) is 3.43. The molecule has 33 heavy (non-hydrogen) atoms. The van der Waals surface area contributed by atoms with E-state index in [0.29, 0.717) is 22.6 Å². The molecule has 0 radical (unpaired) electrons. The molecule has 0 bridgehead atoms. The highest BCUT2D eigenvalue weighted by Gasteiger charge is 2.15. The lowest BCUT2D eigenvalue weighted by Crippen LogP contribution is -2.12. The van der Waals surface area contributed by atoms with Crippen LogP contribution in [0.5, 0.6) is 11.5 Å². The number of benzene rings is 3. The molecule has 0 aliphatic carbocycles. The summed E-state index contributed by atoms with van der Waals surface area (Å²) in [5, 5.41) is 6.25. The van der Waals surface area contributed by atoms with Gasteiger partial charge in [0.2, 0.25) is 10.0 Å². The Morgan fingerprint density at radius 2 is 1.64 bits per heavy atom. The number of allylic oxidation sites excluding steroid dienone is 1. The highest BCUT2D eigenvalue weighted by Crippen LogP contribution is 2.41. The number of hydrogen-bond acceptors (Lipinski definition) is 6.